The van der Waals surface area contributed by atoms with Crippen LogP contribution in [0.3, 0.4) is 0 Å². The fraction of sp³-hybridized carbons (Fsp3) is 0.531. The van der Waals surface area contributed by atoms with Crippen molar-refractivity contribution in [2.24, 2.45) is 5.41 Å². The largest absolute Gasteiger partial charge is 0.496 e. The van der Waals surface area contributed by atoms with Gasteiger partial charge in [0, 0.05) is 18.6 Å². The molecular formula is C32H40N2O. The number of ether oxygens (including phenoxy) is 1. The fourth-order valence-corrected chi connectivity index (χ4v) is 6.60. The van der Waals surface area contributed by atoms with Crippen molar-refractivity contribution in [3.05, 3.63) is 77.4 Å². The molecule has 2 aromatic rings. The Kier molecular flexibility index (Phi) is 6.53. The van der Waals surface area contributed by atoms with Crippen molar-refractivity contribution in [1.82, 2.24) is 4.90 Å². The van der Waals surface area contributed by atoms with Crippen LogP contribution in [0, 0.1) is 16.7 Å². The lowest BCUT2D eigenvalue weighted by atomic mass is 9.66. The molecule has 1 saturated heterocycles. The third-order valence-corrected chi connectivity index (χ3v) is 9.39. The molecule has 0 spiro atoms. The van der Waals surface area contributed by atoms with Crippen LogP contribution in [0.4, 0.5) is 0 Å². The van der Waals surface area contributed by atoms with Crippen molar-refractivity contribution in [2.75, 3.05) is 20.2 Å². The van der Waals surface area contributed by atoms with Crippen LogP contribution in [0.25, 0.3) is 0 Å². The van der Waals surface area contributed by atoms with Gasteiger partial charge in [-0.3, -0.25) is 4.90 Å². The highest BCUT2D eigenvalue weighted by molar-refractivity contribution is 5.44. The second kappa shape index (κ2) is 9.47. The highest BCUT2D eigenvalue weighted by atomic mass is 16.5. The van der Waals surface area contributed by atoms with Gasteiger partial charge in [0.1, 0.15) is 5.75 Å². The summed E-state index contributed by atoms with van der Waals surface area (Å²) < 4.78 is 5.72. The highest BCUT2D eigenvalue weighted by Crippen LogP contribution is 2.51. The first kappa shape index (κ1) is 24.1. The van der Waals surface area contributed by atoms with Crippen LogP contribution in [-0.4, -0.2) is 30.6 Å². The van der Waals surface area contributed by atoms with E-state index in [0.29, 0.717) is 5.41 Å². The summed E-state index contributed by atoms with van der Waals surface area (Å²) >= 11 is 0. The third-order valence-electron chi connectivity index (χ3n) is 9.39. The summed E-state index contributed by atoms with van der Waals surface area (Å²) in [6.45, 7) is 8.88. The molecule has 0 N–H and O–H groups in total. The van der Waals surface area contributed by atoms with Crippen LogP contribution in [0.15, 0.2) is 60.7 Å². The molecule has 2 aromatic carbocycles. The lowest BCUT2D eigenvalue weighted by molar-refractivity contribution is 0.135. The lowest BCUT2D eigenvalue weighted by Gasteiger charge is -2.43. The van der Waals surface area contributed by atoms with Crippen LogP contribution >= 0.6 is 0 Å². The summed E-state index contributed by atoms with van der Waals surface area (Å²) in [6.07, 6.45) is 11.3. The van der Waals surface area contributed by atoms with Crippen molar-refractivity contribution in [3.63, 3.8) is 0 Å². The molecule has 35 heavy (non-hydrogen) atoms. The van der Waals surface area contributed by atoms with Crippen LogP contribution in [0.2, 0.25) is 0 Å². The van der Waals surface area contributed by atoms with Gasteiger partial charge in [0.15, 0.2) is 0 Å². The molecule has 3 nitrogen and oxygen atoms in total. The monoisotopic (exact) mass is 468 g/mol. The van der Waals surface area contributed by atoms with Gasteiger partial charge < -0.3 is 4.74 Å². The van der Waals surface area contributed by atoms with Crippen LogP contribution < -0.4 is 4.74 Å². The quantitative estimate of drug-likeness (QED) is 0.372. The smallest absolute Gasteiger partial charge is 0.122 e. The summed E-state index contributed by atoms with van der Waals surface area (Å²) in [5.41, 5.74) is 5.38. The van der Waals surface area contributed by atoms with E-state index in [1.54, 1.807) is 7.11 Å². The summed E-state index contributed by atoms with van der Waals surface area (Å²) in [5.74, 6) is 0.971. The van der Waals surface area contributed by atoms with Gasteiger partial charge in [-0.05, 0) is 86.0 Å². The molecule has 5 rings (SSSR count). The van der Waals surface area contributed by atoms with Gasteiger partial charge in [-0.1, -0.05) is 68.0 Å². The molecule has 2 aliphatic carbocycles. The second-order valence-electron chi connectivity index (χ2n) is 11.7. The van der Waals surface area contributed by atoms with E-state index in [9.17, 15) is 5.26 Å². The molecule has 184 valence electrons. The van der Waals surface area contributed by atoms with Crippen LogP contribution in [0.1, 0.15) is 75.0 Å². The van der Waals surface area contributed by atoms with E-state index >= 15 is 0 Å². The minimum Gasteiger partial charge on any atom is -0.496 e. The zero-order chi connectivity index (χ0) is 24.5. The van der Waals surface area contributed by atoms with Gasteiger partial charge in [-0.15, -0.1) is 0 Å². The Morgan fingerprint density at radius 2 is 1.74 bits per heavy atom. The van der Waals surface area contributed by atoms with E-state index in [2.05, 4.69) is 73.0 Å². The molecule has 3 fully saturated rings. The number of likely N-dealkylation sites (tertiary alicyclic amines) is 1. The number of aryl methyl sites for hydroxylation is 1. The van der Waals surface area contributed by atoms with Crippen molar-refractivity contribution >= 4 is 0 Å². The number of rotatable bonds is 9. The standard InChI is InChI=1S/C32H40N2O/c1-25(10-11-26-8-5-4-6-9-26)32(16-17-32)34-20-18-31(24-33,19-21-34)28-12-13-29(35-3)27(22-28)23-30(2)14-7-15-30/h4-6,8-9,12-13,22H,1,7,10-11,14-21,23H2,2-3H3. The van der Waals surface area contributed by atoms with E-state index in [1.165, 1.54) is 54.4 Å². The third kappa shape index (κ3) is 4.66. The van der Waals surface area contributed by atoms with E-state index < -0.39 is 5.41 Å². The molecule has 0 radical (unpaired) electrons. The van der Waals surface area contributed by atoms with Crippen LogP contribution in [0.5, 0.6) is 5.75 Å². The number of hydrogen-bond donors (Lipinski definition) is 0. The minimum atomic E-state index is -0.403. The van der Waals surface area contributed by atoms with E-state index in [0.717, 1.165) is 50.9 Å². The maximum absolute atomic E-state index is 10.4. The van der Waals surface area contributed by atoms with Gasteiger partial charge in [0.25, 0.3) is 0 Å². The summed E-state index contributed by atoms with van der Waals surface area (Å²) in [5, 5.41) is 10.4. The Morgan fingerprint density at radius 3 is 2.31 bits per heavy atom. The van der Waals surface area contributed by atoms with E-state index in [-0.39, 0.29) is 5.54 Å². The topological polar surface area (TPSA) is 36.3 Å². The number of piperidine rings is 1. The van der Waals surface area contributed by atoms with Gasteiger partial charge in [-0.25, -0.2) is 0 Å². The zero-order valence-corrected chi connectivity index (χ0v) is 21.6. The summed E-state index contributed by atoms with van der Waals surface area (Å²) in [6, 6.07) is 20.1. The molecular weight excluding hydrogens is 428 g/mol. The molecule has 0 unspecified atom stereocenters. The van der Waals surface area contributed by atoms with Crippen molar-refractivity contribution in [2.45, 2.75) is 82.1 Å². The maximum atomic E-state index is 10.4. The highest BCUT2D eigenvalue weighted by Gasteiger charge is 2.52. The molecule has 3 heteroatoms. The molecule has 0 atom stereocenters. The molecule has 0 bridgehead atoms. The van der Waals surface area contributed by atoms with Gasteiger partial charge in [0.05, 0.1) is 18.6 Å². The fourth-order valence-electron chi connectivity index (χ4n) is 6.60. The number of methoxy groups -OCH3 is 1. The molecule has 0 amide bonds. The van der Waals surface area contributed by atoms with Crippen LogP contribution in [-0.2, 0) is 18.3 Å². The first-order chi connectivity index (χ1) is 16.9. The molecule has 0 aromatic heterocycles. The second-order valence-corrected chi connectivity index (χ2v) is 11.7. The Labute approximate surface area is 211 Å². The minimum absolute atomic E-state index is 0.167. The summed E-state index contributed by atoms with van der Waals surface area (Å²) in [4.78, 5) is 2.65. The Morgan fingerprint density at radius 1 is 1.03 bits per heavy atom. The molecule has 1 heterocycles. The van der Waals surface area contributed by atoms with E-state index in [4.69, 9.17) is 4.74 Å². The molecule has 3 aliphatic rings. The molecule has 1 aliphatic heterocycles. The zero-order valence-electron chi connectivity index (χ0n) is 21.6. The number of nitriles is 1. The maximum Gasteiger partial charge on any atom is 0.122 e. The van der Waals surface area contributed by atoms with Crippen molar-refractivity contribution < 1.29 is 4.74 Å². The Bertz CT molecular complexity index is 1100. The van der Waals surface area contributed by atoms with Crippen molar-refractivity contribution in [1.29, 1.82) is 5.26 Å². The average Bonchev–Trinajstić information content (AvgIpc) is 3.69. The Hall–Kier alpha value is -2.57. The van der Waals surface area contributed by atoms with Gasteiger partial charge in [-0.2, -0.15) is 5.26 Å². The summed E-state index contributed by atoms with van der Waals surface area (Å²) in [7, 11) is 1.76. The first-order valence-electron chi connectivity index (χ1n) is 13.5. The normalized spacial score (nSPS) is 22.0. The predicted octanol–water partition coefficient (Wildman–Crippen LogP) is 7.01. The number of nitrogens with zero attached hydrogens (tertiary/aromatic N) is 2. The first-order valence-corrected chi connectivity index (χ1v) is 13.5. The number of hydrogen-bond acceptors (Lipinski definition) is 3. The SMILES string of the molecule is C=C(CCc1ccccc1)C1(N2CCC(C#N)(c3ccc(OC)c(CC4(C)CCC4)c3)CC2)CC1. The number of benzene rings is 2. The lowest BCUT2D eigenvalue weighted by Crippen LogP contribution is -2.48. The average molecular weight is 469 g/mol. The van der Waals surface area contributed by atoms with E-state index in [1.807, 2.05) is 0 Å². The van der Waals surface area contributed by atoms with Gasteiger partial charge in [0.2, 0.25) is 0 Å². The Balaban J connectivity index is 1.27. The predicted molar refractivity (Wildman–Crippen MR) is 143 cm³/mol. The van der Waals surface area contributed by atoms with Gasteiger partial charge >= 0.3 is 0 Å². The molecule has 2 saturated carbocycles. The van der Waals surface area contributed by atoms with Crippen molar-refractivity contribution in [3.8, 4) is 11.8 Å².